The van der Waals surface area contributed by atoms with Gasteiger partial charge in [0.15, 0.2) is 11.4 Å². The van der Waals surface area contributed by atoms with E-state index in [4.69, 9.17) is 0 Å². The first-order valence-corrected chi connectivity index (χ1v) is 9.84. The van der Waals surface area contributed by atoms with E-state index in [9.17, 15) is 37.1 Å². The molecule has 172 valence electrons. The van der Waals surface area contributed by atoms with Crippen molar-refractivity contribution >= 4 is 11.8 Å². The quantitative estimate of drug-likeness (QED) is 0.697. The van der Waals surface area contributed by atoms with E-state index in [2.05, 4.69) is 5.32 Å². The Labute approximate surface area is 180 Å². The smallest absolute Gasteiger partial charge is 0.274 e. The molecule has 1 atom stereocenters. The van der Waals surface area contributed by atoms with E-state index in [1.807, 2.05) is 0 Å². The number of rotatable bonds is 3. The standard InChI is InChI=1S/C20H18F3N3O4.CH3F/c21-10-5-14(22)12(15(23)6-10)7-24-19(29)13-9-26-11-3-1-2-4-25(8-11)20(30)16(26)18(28)17(13)27;1-2/h5-6,9,11,28H,1-4,7-8H2,(H,24,29);1H3/t11-;/m1./s1. The molecule has 11 heteroatoms. The number of aromatic nitrogens is 1. The van der Waals surface area contributed by atoms with E-state index in [-0.39, 0.29) is 11.7 Å². The number of aromatic hydroxyl groups is 1. The van der Waals surface area contributed by atoms with E-state index >= 15 is 0 Å². The molecule has 2 bridgehead atoms. The second-order valence-corrected chi connectivity index (χ2v) is 7.41. The third kappa shape index (κ3) is 4.19. The monoisotopic (exact) mass is 455 g/mol. The number of alkyl halides is 1. The minimum absolute atomic E-state index is 0.162. The number of fused-ring (bicyclic) bond motifs is 4. The van der Waals surface area contributed by atoms with E-state index in [1.165, 1.54) is 10.8 Å². The average molecular weight is 455 g/mol. The van der Waals surface area contributed by atoms with Crippen LogP contribution in [-0.2, 0) is 6.54 Å². The minimum Gasteiger partial charge on any atom is -0.503 e. The van der Waals surface area contributed by atoms with Crippen molar-refractivity contribution in [2.24, 2.45) is 0 Å². The lowest BCUT2D eigenvalue weighted by Crippen LogP contribution is -2.44. The molecule has 0 unspecified atom stereocenters. The van der Waals surface area contributed by atoms with Gasteiger partial charge in [-0.25, -0.2) is 13.2 Å². The Hall–Kier alpha value is -3.37. The number of nitrogens with zero attached hydrogens (tertiary/aromatic N) is 2. The van der Waals surface area contributed by atoms with Gasteiger partial charge in [-0.1, -0.05) is 0 Å². The average Bonchev–Trinajstić information content (AvgIpc) is 2.98. The minimum atomic E-state index is -1.18. The van der Waals surface area contributed by atoms with E-state index < -0.39 is 58.1 Å². The maximum absolute atomic E-state index is 13.8. The zero-order valence-corrected chi connectivity index (χ0v) is 17.1. The highest BCUT2D eigenvalue weighted by molar-refractivity contribution is 5.99. The fraction of sp³-hybridized carbons (Fsp3) is 0.381. The zero-order valence-electron chi connectivity index (χ0n) is 17.1. The summed E-state index contributed by atoms with van der Waals surface area (Å²) in [5, 5.41) is 12.6. The van der Waals surface area contributed by atoms with Crippen molar-refractivity contribution in [3.05, 3.63) is 62.8 Å². The number of carbonyl (C=O) groups is 2. The van der Waals surface area contributed by atoms with Crippen LogP contribution in [0.4, 0.5) is 17.6 Å². The molecule has 2 amide bonds. The molecule has 0 aliphatic carbocycles. The first kappa shape index (κ1) is 23.3. The molecular weight excluding hydrogens is 434 g/mol. The molecule has 1 aromatic heterocycles. The summed E-state index contributed by atoms with van der Waals surface area (Å²) >= 11 is 0. The molecule has 0 radical (unpaired) electrons. The summed E-state index contributed by atoms with van der Waals surface area (Å²) < 4.78 is 51.5. The number of carbonyl (C=O) groups excluding carboxylic acids is 2. The first-order chi connectivity index (χ1) is 15.3. The molecule has 1 fully saturated rings. The van der Waals surface area contributed by atoms with Gasteiger partial charge in [0.05, 0.1) is 13.2 Å². The Kier molecular flexibility index (Phi) is 6.85. The molecule has 0 saturated carbocycles. The number of benzene rings is 1. The van der Waals surface area contributed by atoms with Gasteiger partial charge in [-0.2, -0.15) is 0 Å². The SMILES string of the molecule is CF.O=C(NCc1c(F)cc(F)cc1F)c1cn2c(c(O)c1=O)C(=O)N1CCCC[C@@H]2C1. The van der Waals surface area contributed by atoms with Crippen LogP contribution >= 0.6 is 0 Å². The molecule has 4 rings (SSSR count). The summed E-state index contributed by atoms with van der Waals surface area (Å²) in [4.78, 5) is 39.3. The normalized spacial score (nSPS) is 17.1. The molecule has 3 heterocycles. The molecule has 7 nitrogen and oxygen atoms in total. The van der Waals surface area contributed by atoms with Crippen molar-refractivity contribution in [3.8, 4) is 5.75 Å². The highest BCUT2D eigenvalue weighted by atomic mass is 19.1. The lowest BCUT2D eigenvalue weighted by molar-refractivity contribution is 0.0677. The van der Waals surface area contributed by atoms with E-state index in [0.717, 1.165) is 12.8 Å². The maximum atomic E-state index is 13.8. The number of hydrogen-bond donors (Lipinski definition) is 2. The van der Waals surface area contributed by atoms with Gasteiger partial charge in [-0.3, -0.25) is 18.8 Å². The number of amides is 2. The molecule has 1 aromatic carbocycles. The van der Waals surface area contributed by atoms with Gasteiger partial charge in [0.1, 0.15) is 23.0 Å². The largest absolute Gasteiger partial charge is 0.503 e. The van der Waals surface area contributed by atoms with Gasteiger partial charge in [-0.05, 0) is 19.3 Å². The van der Waals surface area contributed by atoms with E-state index in [0.29, 0.717) is 38.8 Å². The molecule has 1 saturated heterocycles. The molecule has 32 heavy (non-hydrogen) atoms. The topological polar surface area (TPSA) is 91.6 Å². The van der Waals surface area contributed by atoms with Crippen LogP contribution in [0, 0.1) is 17.5 Å². The second-order valence-electron chi connectivity index (χ2n) is 7.41. The van der Waals surface area contributed by atoms with Crippen LogP contribution in [0.3, 0.4) is 0 Å². The lowest BCUT2D eigenvalue weighted by Gasteiger charge is -2.34. The number of halogens is 4. The summed E-state index contributed by atoms with van der Waals surface area (Å²) in [6.45, 7) is 0.302. The Bertz CT molecular complexity index is 1100. The van der Waals surface area contributed by atoms with Crippen molar-refractivity contribution in [2.45, 2.75) is 31.8 Å². The van der Waals surface area contributed by atoms with Crippen LogP contribution in [0.2, 0.25) is 0 Å². The van der Waals surface area contributed by atoms with Crippen molar-refractivity contribution in [3.63, 3.8) is 0 Å². The Morgan fingerprint density at radius 2 is 1.81 bits per heavy atom. The van der Waals surface area contributed by atoms with Gasteiger partial charge in [0.25, 0.3) is 11.8 Å². The van der Waals surface area contributed by atoms with Crippen LogP contribution in [0.5, 0.6) is 5.75 Å². The number of pyridine rings is 1. The number of nitrogens with one attached hydrogen (secondary N) is 1. The van der Waals surface area contributed by atoms with Crippen LogP contribution in [0.25, 0.3) is 0 Å². The van der Waals surface area contributed by atoms with Gasteiger partial charge < -0.3 is 19.9 Å². The van der Waals surface area contributed by atoms with Gasteiger partial charge in [-0.15, -0.1) is 0 Å². The molecule has 2 aliphatic rings. The van der Waals surface area contributed by atoms with Crippen molar-refractivity contribution in [2.75, 3.05) is 20.3 Å². The van der Waals surface area contributed by atoms with Gasteiger partial charge in [0.2, 0.25) is 5.43 Å². The van der Waals surface area contributed by atoms with Gasteiger partial charge >= 0.3 is 0 Å². The summed E-state index contributed by atoms with van der Waals surface area (Å²) in [5.41, 5.74) is -2.23. The van der Waals surface area contributed by atoms with Gasteiger partial charge in [0, 0.05) is 43.5 Å². The fourth-order valence-electron chi connectivity index (χ4n) is 3.97. The van der Waals surface area contributed by atoms with Crippen molar-refractivity contribution in [1.82, 2.24) is 14.8 Å². The van der Waals surface area contributed by atoms with E-state index in [1.54, 1.807) is 4.90 Å². The fourth-order valence-corrected chi connectivity index (χ4v) is 3.97. The molecular formula is C21H21F4N3O4. The summed E-state index contributed by atoms with van der Waals surface area (Å²) in [5.74, 6) is -5.74. The summed E-state index contributed by atoms with van der Waals surface area (Å²) in [7, 11) is 0.500. The predicted octanol–water partition coefficient (Wildman–Crippen LogP) is 2.67. The van der Waals surface area contributed by atoms with Crippen molar-refractivity contribution in [1.29, 1.82) is 0 Å². The van der Waals surface area contributed by atoms with Crippen LogP contribution < -0.4 is 10.7 Å². The highest BCUT2D eigenvalue weighted by Gasteiger charge is 2.36. The van der Waals surface area contributed by atoms with Crippen molar-refractivity contribution < 1.29 is 32.3 Å². The Morgan fingerprint density at radius 1 is 1.16 bits per heavy atom. The maximum Gasteiger partial charge on any atom is 0.274 e. The lowest BCUT2D eigenvalue weighted by atomic mass is 10.1. The zero-order chi connectivity index (χ0) is 23.6. The molecule has 2 aromatic rings. The molecule has 0 spiro atoms. The third-order valence-corrected chi connectivity index (χ3v) is 5.52. The predicted molar refractivity (Wildman–Crippen MR) is 106 cm³/mol. The first-order valence-electron chi connectivity index (χ1n) is 9.84. The van der Waals surface area contributed by atoms with Crippen LogP contribution in [0.1, 0.15) is 51.7 Å². The Morgan fingerprint density at radius 3 is 2.47 bits per heavy atom. The van der Waals surface area contributed by atoms with Crippen LogP contribution in [-0.4, -0.2) is 46.7 Å². The highest BCUT2D eigenvalue weighted by Crippen LogP contribution is 2.31. The van der Waals surface area contributed by atoms with Crippen LogP contribution in [0.15, 0.2) is 23.1 Å². The third-order valence-electron chi connectivity index (χ3n) is 5.52. The summed E-state index contributed by atoms with van der Waals surface area (Å²) in [6.07, 6.45) is 3.54. The summed E-state index contributed by atoms with van der Waals surface area (Å²) in [6, 6.07) is 0.756. The Balaban J connectivity index is 0.00000141. The second kappa shape index (κ2) is 9.41. The molecule has 2 N–H and O–H groups in total. The molecule has 2 aliphatic heterocycles. The number of hydrogen-bond acceptors (Lipinski definition) is 4.